The smallest absolute Gasteiger partial charge is 0.330 e. The fourth-order valence-electron chi connectivity index (χ4n) is 8.70. The molecule has 0 aromatic heterocycles. The van der Waals surface area contributed by atoms with Gasteiger partial charge in [-0.2, -0.15) is 0 Å². The fourth-order valence-corrected chi connectivity index (χ4v) is 8.70. The Labute approximate surface area is 434 Å². The van der Waals surface area contributed by atoms with Gasteiger partial charge >= 0.3 is 5.97 Å². The van der Waals surface area contributed by atoms with Gasteiger partial charge in [0.25, 0.3) is 0 Å². The Morgan fingerprint density at radius 1 is 0.519 bits per heavy atom. The van der Waals surface area contributed by atoms with Crippen LogP contribution in [-0.2, 0) is 33.2 Å². The number of rotatable bonds is 16. The van der Waals surface area contributed by atoms with E-state index >= 15 is 0 Å². The quantitative estimate of drug-likeness (QED) is 0.0469. The third-order valence-electron chi connectivity index (χ3n) is 13.1. The molecule has 0 spiro atoms. The number of carbonyl (C=O) groups excluding carboxylic acids is 1. The molecule has 3 aromatic rings. The summed E-state index contributed by atoms with van der Waals surface area (Å²) >= 11 is 0. The average Bonchev–Trinajstić information content (AvgIpc) is 3.42. The Morgan fingerprint density at radius 3 is 1.44 bits per heavy atom. The summed E-state index contributed by atoms with van der Waals surface area (Å²) in [5.41, 5.74) is 0.0426. The summed E-state index contributed by atoms with van der Waals surface area (Å²) in [7, 11) is 0. The zero-order valence-corrected chi connectivity index (χ0v) is 39.8. The van der Waals surface area contributed by atoms with Gasteiger partial charge in [-0.15, -0.1) is 0 Å². The second kappa shape index (κ2) is 24.1. The number of phenolic OH excluding ortho intramolecular Hbond substituents is 3. The van der Waals surface area contributed by atoms with Crippen molar-refractivity contribution in [3.8, 4) is 40.2 Å². The molecule has 3 aromatic carbocycles. The summed E-state index contributed by atoms with van der Waals surface area (Å²) in [5, 5.41) is 189. The highest BCUT2D eigenvalue weighted by Gasteiger charge is 2.50. The lowest BCUT2D eigenvalue weighted by Crippen LogP contribution is -2.60. The Bertz CT molecular complexity index is 2560. The zero-order chi connectivity index (χ0) is 55.7. The van der Waals surface area contributed by atoms with E-state index in [1.165, 1.54) is 30.3 Å². The second-order valence-electron chi connectivity index (χ2n) is 18.4. The standard InChI is InChI=1S/C48H58O29/c49-12-26-32(56)36(60)40(64)45(74-26)69-19-4-1-16(2-5-19)3-6-30(54)68-15-29-35(59)39(63)43(67)47(77-29)72-24-8-17(7-23(31(24)55)71-46-41(65)37(61)33(57)27(13-50)75-46)44-25(11-20-21(53)9-18(52)10-22(20)70-44)73-48-42(66)38(62)34(58)28(14-51)76-48/h1-11,26-29,32-53,55-67H,12-15H2. The van der Waals surface area contributed by atoms with Crippen LogP contribution in [0, 0.1) is 0 Å². The average molecular weight is 1100 g/mol. The fraction of sp³-hybridized carbons (Fsp3) is 0.521. The van der Waals surface area contributed by atoms with Gasteiger partial charge in [-0.1, -0.05) is 12.1 Å². The lowest BCUT2D eigenvalue weighted by Gasteiger charge is -2.41. The van der Waals surface area contributed by atoms with Gasteiger partial charge in [-0.3, -0.25) is 0 Å². The van der Waals surface area contributed by atoms with Crippen molar-refractivity contribution in [2.45, 2.75) is 129 Å². The number of aliphatic hydroxyl groups is 15. The summed E-state index contributed by atoms with van der Waals surface area (Å²) < 4.78 is 56.8. The number of aliphatic hydroxyl groups excluding tert-OH is 15. The van der Waals surface area contributed by atoms with Crippen LogP contribution >= 0.6 is 0 Å². The molecule has 0 radical (unpaired) electrons. The molecule has 18 N–H and O–H groups in total. The number of carbonyl (C=O) groups is 1. The minimum absolute atomic E-state index is 0.128. The number of esters is 1. The van der Waals surface area contributed by atoms with Crippen LogP contribution in [0.1, 0.15) is 22.8 Å². The molecule has 0 saturated carbocycles. The molecule has 29 nitrogen and oxygen atoms in total. The first-order valence-electron chi connectivity index (χ1n) is 23.7. The van der Waals surface area contributed by atoms with Gasteiger partial charge < -0.3 is 139 Å². The normalized spacial score (nSPS) is 37.2. The van der Waals surface area contributed by atoms with E-state index in [9.17, 15) is 96.7 Å². The van der Waals surface area contributed by atoms with E-state index in [0.29, 0.717) is 5.56 Å². The Balaban J connectivity index is 1.04. The molecular weight excluding hydrogens is 1040 g/mol. The summed E-state index contributed by atoms with van der Waals surface area (Å²) in [5.74, 6) is -5.03. The molecule has 4 saturated heterocycles. The highest BCUT2D eigenvalue weighted by atomic mass is 16.7. The lowest BCUT2D eigenvalue weighted by atomic mass is 9.98. The molecule has 0 amide bonds. The molecule has 21 unspecified atom stereocenters. The molecule has 0 bridgehead atoms. The van der Waals surface area contributed by atoms with E-state index in [-0.39, 0.29) is 22.6 Å². The third-order valence-corrected chi connectivity index (χ3v) is 13.1. The zero-order valence-electron chi connectivity index (χ0n) is 39.8. The van der Waals surface area contributed by atoms with Crippen molar-refractivity contribution in [2.24, 2.45) is 0 Å². The van der Waals surface area contributed by atoms with Crippen LogP contribution < -0.4 is 18.9 Å². The van der Waals surface area contributed by atoms with E-state index < -0.39 is 196 Å². The van der Waals surface area contributed by atoms with Crippen LogP contribution in [0.4, 0.5) is 0 Å². The van der Waals surface area contributed by atoms with Gasteiger partial charge in [0.05, 0.1) is 25.4 Å². The molecule has 29 heteroatoms. The number of phenols is 3. The third kappa shape index (κ3) is 12.1. The summed E-state index contributed by atoms with van der Waals surface area (Å²) in [6.07, 6.45) is -34.3. The van der Waals surface area contributed by atoms with Crippen LogP contribution in [0.2, 0.25) is 0 Å². The molecular formula is C48H58O29. The summed E-state index contributed by atoms with van der Waals surface area (Å²) in [4.78, 5) is 12.9. The van der Waals surface area contributed by atoms with Crippen LogP contribution in [0.5, 0.6) is 40.2 Å². The molecule has 21 atom stereocenters. The maximum atomic E-state index is 12.9. The molecule has 5 aliphatic heterocycles. The van der Waals surface area contributed by atoms with Gasteiger partial charge in [-0.05, 0) is 42.0 Å². The SMILES string of the molecule is O=C(C=Cc1ccc(OC2OC(CO)C(O)C(O)C2O)cc1)OCC1OC(Oc2cc(C3Oc4cc(O)cc(O)c4C=C3OC3OC(CO)C(O)C(O)C3O)cc(OC3OC(CO)C(O)C(O)C3O)c2O)C(O)C(O)C1O. The Kier molecular flexibility index (Phi) is 18.0. The predicted molar refractivity (Wildman–Crippen MR) is 247 cm³/mol. The van der Waals surface area contributed by atoms with Gasteiger partial charge in [0.15, 0.2) is 17.6 Å². The number of benzene rings is 3. The molecule has 8 rings (SSSR count). The van der Waals surface area contributed by atoms with Crippen molar-refractivity contribution in [1.82, 2.24) is 0 Å². The first-order valence-corrected chi connectivity index (χ1v) is 23.7. The van der Waals surface area contributed by atoms with Crippen LogP contribution in [-0.4, -0.2) is 247 Å². The number of aromatic hydroxyl groups is 3. The highest BCUT2D eigenvalue weighted by Crippen LogP contribution is 2.48. The van der Waals surface area contributed by atoms with E-state index in [4.69, 9.17) is 47.4 Å². The van der Waals surface area contributed by atoms with Crippen molar-refractivity contribution in [3.63, 3.8) is 0 Å². The molecule has 5 heterocycles. The minimum atomic E-state index is -2.14. The molecule has 0 aliphatic carbocycles. The number of hydrogen-bond acceptors (Lipinski definition) is 29. The second-order valence-corrected chi connectivity index (χ2v) is 18.4. The number of ether oxygens (including phenoxy) is 10. The topological polar surface area (TPSA) is 474 Å². The van der Waals surface area contributed by atoms with E-state index in [1.807, 2.05) is 0 Å². The van der Waals surface area contributed by atoms with Crippen LogP contribution in [0.25, 0.3) is 12.2 Å². The van der Waals surface area contributed by atoms with E-state index in [2.05, 4.69) is 0 Å². The van der Waals surface area contributed by atoms with Gasteiger partial charge in [-0.25, -0.2) is 4.79 Å². The minimum Gasteiger partial charge on any atom is -0.508 e. The number of fused-ring (bicyclic) bond motifs is 1. The maximum Gasteiger partial charge on any atom is 0.330 e. The Hall–Kier alpha value is -5.75. The number of hydrogen-bond donors (Lipinski definition) is 18. The monoisotopic (exact) mass is 1100 g/mol. The van der Waals surface area contributed by atoms with Gasteiger partial charge in [0.2, 0.25) is 30.9 Å². The maximum absolute atomic E-state index is 12.9. The van der Waals surface area contributed by atoms with Crippen LogP contribution in [0.15, 0.2) is 60.4 Å². The van der Waals surface area contributed by atoms with Gasteiger partial charge in [0, 0.05) is 23.8 Å². The summed E-state index contributed by atoms with van der Waals surface area (Å²) in [6, 6.07) is 9.78. The van der Waals surface area contributed by atoms with Gasteiger partial charge in [0.1, 0.15) is 133 Å². The largest absolute Gasteiger partial charge is 0.508 e. The molecule has 5 aliphatic rings. The first kappa shape index (κ1) is 57.4. The highest BCUT2D eigenvalue weighted by molar-refractivity contribution is 5.87. The van der Waals surface area contributed by atoms with E-state index in [0.717, 1.165) is 36.4 Å². The molecule has 424 valence electrons. The van der Waals surface area contributed by atoms with Crippen molar-refractivity contribution in [1.29, 1.82) is 0 Å². The lowest BCUT2D eigenvalue weighted by molar-refractivity contribution is -0.293. The van der Waals surface area contributed by atoms with Crippen LogP contribution in [0.3, 0.4) is 0 Å². The van der Waals surface area contributed by atoms with Crippen molar-refractivity contribution in [2.75, 3.05) is 26.4 Å². The Morgan fingerprint density at radius 2 is 0.961 bits per heavy atom. The molecule has 4 fully saturated rings. The molecule has 77 heavy (non-hydrogen) atoms. The van der Waals surface area contributed by atoms with Crippen molar-refractivity contribution in [3.05, 3.63) is 77.1 Å². The van der Waals surface area contributed by atoms with Crippen molar-refractivity contribution < 1.29 is 144 Å². The van der Waals surface area contributed by atoms with Crippen molar-refractivity contribution >= 4 is 18.1 Å². The first-order chi connectivity index (χ1) is 36.6. The summed E-state index contributed by atoms with van der Waals surface area (Å²) in [6.45, 7) is -3.23. The van der Waals surface area contributed by atoms with E-state index in [1.54, 1.807) is 0 Å². The predicted octanol–water partition coefficient (Wildman–Crippen LogP) is -6.11.